The quantitative estimate of drug-likeness (QED) is 0.741. The van der Waals surface area contributed by atoms with E-state index in [1.807, 2.05) is 6.92 Å². The maximum Gasteiger partial charge on any atom is 0.149 e. The first-order valence-electron chi connectivity index (χ1n) is 4.69. The third kappa shape index (κ3) is 3.60. The van der Waals surface area contributed by atoms with Gasteiger partial charge in [-0.2, -0.15) is 0 Å². The Kier molecular flexibility index (Phi) is 3.81. The van der Waals surface area contributed by atoms with Crippen molar-refractivity contribution >= 4 is 9.84 Å². The molecule has 1 unspecified atom stereocenters. The monoisotopic (exact) mass is 232 g/mol. The normalized spacial score (nSPS) is 14.1. The summed E-state index contributed by atoms with van der Waals surface area (Å²) in [5, 5.41) is 10.6. The third-order valence-electron chi connectivity index (χ3n) is 2.03. The molecule has 15 heavy (non-hydrogen) atoms. The van der Waals surface area contributed by atoms with Gasteiger partial charge in [0, 0.05) is 13.3 Å². The van der Waals surface area contributed by atoms with E-state index in [4.69, 9.17) is 0 Å². The predicted molar refractivity (Wildman–Crippen MR) is 57.1 cm³/mol. The van der Waals surface area contributed by atoms with Crippen LogP contribution >= 0.6 is 0 Å². The number of nitrogens with zero attached hydrogens (tertiary/aromatic N) is 3. The van der Waals surface area contributed by atoms with E-state index < -0.39 is 9.84 Å². The zero-order valence-electron chi connectivity index (χ0n) is 9.14. The topological polar surface area (TPSA) is 76.9 Å². The summed E-state index contributed by atoms with van der Waals surface area (Å²) >= 11 is 0. The lowest BCUT2D eigenvalue weighted by Gasteiger charge is -2.16. The highest BCUT2D eigenvalue weighted by Gasteiger charge is 2.19. The first-order chi connectivity index (χ1) is 6.94. The van der Waals surface area contributed by atoms with Crippen molar-refractivity contribution in [3.05, 3.63) is 11.9 Å². The van der Waals surface area contributed by atoms with E-state index in [1.54, 1.807) is 17.9 Å². The van der Waals surface area contributed by atoms with Gasteiger partial charge in [0.05, 0.1) is 23.7 Å². The van der Waals surface area contributed by atoms with Crippen LogP contribution in [0.5, 0.6) is 0 Å². The lowest BCUT2D eigenvalue weighted by atomic mass is 10.2. The molecule has 86 valence electrons. The standard InChI is InChI=1S/C8H16N4O2S/c1-4-9-7(6-15(3,13)14)8-5-10-11-12(8)2/h5,7,9H,4,6H2,1-3H3. The third-order valence-corrected chi connectivity index (χ3v) is 2.97. The molecule has 6 nitrogen and oxygen atoms in total. The van der Waals surface area contributed by atoms with Gasteiger partial charge in [0.1, 0.15) is 9.84 Å². The van der Waals surface area contributed by atoms with Gasteiger partial charge in [-0.1, -0.05) is 12.1 Å². The molecule has 1 N–H and O–H groups in total. The van der Waals surface area contributed by atoms with Crippen LogP contribution in [0.3, 0.4) is 0 Å². The van der Waals surface area contributed by atoms with Crippen LogP contribution in [-0.2, 0) is 16.9 Å². The Morgan fingerprint density at radius 3 is 2.67 bits per heavy atom. The Balaban J connectivity index is 2.88. The molecule has 0 aromatic carbocycles. The van der Waals surface area contributed by atoms with Crippen molar-refractivity contribution in [2.45, 2.75) is 13.0 Å². The molecule has 0 aliphatic rings. The van der Waals surface area contributed by atoms with Gasteiger partial charge in [0.2, 0.25) is 0 Å². The zero-order chi connectivity index (χ0) is 11.5. The predicted octanol–water partition coefficient (Wildman–Crippen LogP) is -0.490. The second-order valence-electron chi connectivity index (χ2n) is 3.49. The van der Waals surface area contributed by atoms with Gasteiger partial charge in [-0.3, -0.25) is 4.68 Å². The molecule has 1 heterocycles. The molecule has 0 bridgehead atoms. The molecule has 1 rings (SSSR count). The molecule has 7 heteroatoms. The van der Waals surface area contributed by atoms with Gasteiger partial charge in [0.15, 0.2) is 0 Å². The molecule has 1 aromatic heterocycles. The minimum absolute atomic E-state index is 0.0576. The number of rotatable bonds is 5. The van der Waals surface area contributed by atoms with Crippen LogP contribution in [0.15, 0.2) is 6.20 Å². The van der Waals surface area contributed by atoms with Crippen molar-refractivity contribution in [3.63, 3.8) is 0 Å². The number of aryl methyl sites for hydroxylation is 1. The van der Waals surface area contributed by atoms with E-state index in [9.17, 15) is 8.42 Å². The van der Waals surface area contributed by atoms with Crippen LogP contribution in [0, 0.1) is 0 Å². The van der Waals surface area contributed by atoms with E-state index in [2.05, 4.69) is 15.6 Å². The summed E-state index contributed by atoms with van der Waals surface area (Å²) in [6.07, 6.45) is 2.81. The Hall–Kier alpha value is -0.950. The van der Waals surface area contributed by atoms with Crippen molar-refractivity contribution in [1.29, 1.82) is 0 Å². The molecule has 0 amide bonds. The fourth-order valence-electron chi connectivity index (χ4n) is 1.41. The highest BCUT2D eigenvalue weighted by molar-refractivity contribution is 7.90. The summed E-state index contributed by atoms with van der Waals surface area (Å²) in [7, 11) is -1.27. The van der Waals surface area contributed by atoms with Crippen molar-refractivity contribution in [1.82, 2.24) is 20.3 Å². The van der Waals surface area contributed by atoms with Crippen LogP contribution in [-0.4, -0.2) is 42.0 Å². The summed E-state index contributed by atoms with van der Waals surface area (Å²) < 4.78 is 24.0. The summed E-state index contributed by atoms with van der Waals surface area (Å²) in [6.45, 7) is 2.63. The zero-order valence-corrected chi connectivity index (χ0v) is 9.95. The van der Waals surface area contributed by atoms with Crippen molar-refractivity contribution in [3.8, 4) is 0 Å². The Labute approximate surface area is 89.6 Å². The summed E-state index contributed by atoms with van der Waals surface area (Å²) in [6, 6.07) is -0.245. The molecule has 0 saturated heterocycles. The molecule has 1 aromatic rings. The van der Waals surface area contributed by atoms with E-state index in [0.717, 1.165) is 5.69 Å². The fourth-order valence-corrected chi connectivity index (χ4v) is 2.31. The number of hydrogen-bond donors (Lipinski definition) is 1. The Morgan fingerprint density at radius 1 is 1.60 bits per heavy atom. The maximum absolute atomic E-state index is 11.2. The molecule has 0 fully saturated rings. The highest BCUT2D eigenvalue weighted by Crippen LogP contribution is 2.12. The van der Waals surface area contributed by atoms with Crippen LogP contribution in [0.1, 0.15) is 18.7 Å². The van der Waals surface area contributed by atoms with Crippen LogP contribution < -0.4 is 5.32 Å². The van der Waals surface area contributed by atoms with Crippen molar-refractivity contribution in [2.24, 2.45) is 7.05 Å². The van der Waals surface area contributed by atoms with Crippen LogP contribution in [0.4, 0.5) is 0 Å². The second kappa shape index (κ2) is 4.71. The van der Waals surface area contributed by atoms with Crippen molar-refractivity contribution in [2.75, 3.05) is 18.6 Å². The van der Waals surface area contributed by atoms with E-state index in [-0.39, 0.29) is 11.8 Å². The molecule has 0 saturated carbocycles. The van der Waals surface area contributed by atoms with Crippen LogP contribution in [0.2, 0.25) is 0 Å². The fraction of sp³-hybridized carbons (Fsp3) is 0.750. The largest absolute Gasteiger partial charge is 0.308 e. The minimum Gasteiger partial charge on any atom is -0.308 e. The molecule has 1 atom stereocenters. The number of sulfone groups is 1. The van der Waals surface area contributed by atoms with E-state index in [1.165, 1.54) is 6.26 Å². The summed E-state index contributed by atoms with van der Waals surface area (Å²) in [5.41, 5.74) is 0.780. The Bertz CT molecular complexity index is 412. The van der Waals surface area contributed by atoms with Gasteiger partial charge in [0.25, 0.3) is 0 Å². The first kappa shape index (κ1) is 12.1. The first-order valence-corrected chi connectivity index (χ1v) is 6.75. The van der Waals surface area contributed by atoms with Crippen LogP contribution in [0.25, 0.3) is 0 Å². The molecule has 0 spiro atoms. The average Bonchev–Trinajstić information content (AvgIpc) is 2.48. The number of aromatic nitrogens is 3. The van der Waals surface area contributed by atoms with Gasteiger partial charge < -0.3 is 5.32 Å². The lowest BCUT2D eigenvalue weighted by molar-refractivity contribution is 0.530. The highest BCUT2D eigenvalue weighted by atomic mass is 32.2. The molecule has 0 aliphatic heterocycles. The maximum atomic E-state index is 11.2. The van der Waals surface area contributed by atoms with Gasteiger partial charge >= 0.3 is 0 Å². The van der Waals surface area contributed by atoms with Gasteiger partial charge in [-0.05, 0) is 6.54 Å². The lowest BCUT2D eigenvalue weighted by Crippen LogP contribution is -2.29. The Morgan fingerprint density at radius 2 is 2.27 bits per heavy atom. The van der Waals surface area contributed by atoms with Gasteiger partial charge in [-0.25, -0.2) is 8.42 Å². The SMILES string of the molecule is CCNC(CS(C)(=O)=O)c1cnnn1C. The van der Waals surface area contributed by atoms with E-state index >= 15 is 0 Å². The second-order valence-corrected chi connectivity index (χ2v) is 5.67. The summed E-state index contributed by atoms with van der Waals surface area (Å²) in [4.78, 5) is 0. The number of hydrogen-bond acceptors (Lipinski definition) is 5. The molecular weight excluding hydrogens is 216 g/mol. The number of nitrogens with one attached hydrogen (secondary N) is 1. The van der Waals surface area contributed by atoms with Crippen molar-refractivity contribution < 1.29 is 8.42 Å². The molecule has 0 aliphatic carbocycles. The minimum atomic E-state index is -3.02. The molecule has 0 radical (unpaired) electrons. The molecular formula is C8H16N4O2S. The van der Waals surface area contributed by atoms with Gasteiger partial charge in [-0.15, -0.1) is 5.10 Å². The smallest absolute Gasteiger partial charge is 0.149 e. The summed E-state index contributed by atoms with van der Waals surface area (Å²) in [5.74, 6) is 0.0576. The average molecular weight is 232 g/mol. The van der Waals surface area contributed by atoms with E-state index in [0.29, 0.717) is 6.54 Å².